The van der Waals surface area contributed by atoms with E-state index in [1.165, 1.54) is 68.9 Å². The molecule has 0 spiro atoms. The van der Waals surface area contributed by atoms with Crippen LogP contribution in [0.2, 0.25) is 0 Å². The molecule has 0 unspecified atom stereocenters. The van der Waals surface area contributed by atoms with Crippen molar-refractivity contribution in [3.8, 4) is 11.1 Å². The second kappa shape index (κ2) is 14.0. The summed E-state index contributed by atoms with van der Waals surface area (Å²) in [5.41, 5.74) is 4.48. The molecule has 0 nitrogen and oxygen atoms in total. The van der Waals surface area contributed by atoms with E-state index >= 15 is 0 Å². The lowest BCUT2D eigenvalue weighted by atomic mass is 9.77. The van der Waals surface area contributed by atoms with Gasteiger partial charge >= 0.3 is 0 Å². The number of unbranched alkanes of at least 4 members (excludes halogenated alkanes) is 6. The molecular weight excluding hydrogens is 422 g/mol. The van der Waals surface area contributed by atoms with Crippen molar-refractivity contribution in [3.05, 3.63) is 59.7 Å². The van der Waals surface area contributed by atoms with Gasteiger partial charge < -0.3 is 0 Å². The minimum Gasteiger partial charge on any atom is -0.207 e. The second-order valence-corrected chi connectivity index (χ2v) is 10.7. The molecule has 2 aromatic carbocycles. The van der Waals surface area contributed by atoms with Crippen molar-refractivity contribution in [2.24, 2.45) is 5.92 Å². The maximum Gasteiger partial charge on any atom is 0.252 e. The van der Waals surface area contributed by atoms with Crippen LogP contribution in [0.4, 0.5) is 8.78 Å². The molecule has 188 valence electrons. The van der Waals surface area contributed by atoms with Crippen LogP contribution in [0.25, 0.3) is 11.1 Å². The molecule has 0 amide bonds. The monoisotopic (exact) mass is 468 g/mol. The summed E-state index contributed by atoms with van der Waals surface area (Å²) in [5, 5.41) is 0. The Balaban J connectivity index is 1.47. The molecule has 0 atom stereocenters. The molecule has 2 heteroatoms. The van der Waals surface area contributed by atoms with Crippen LogP contribution in [0, 0.1) is 5.92 Å². The van der Waals surface area contributed by atoms with Crippen molar-refractivity contribution in [3.63, 3.8) is 0 Å². The van der Waals surface area contributed by atoms with E-state index in [1.54, 1.807) is 0 Å². The van der Waals surface area contributed by atoms with Crippen molar-refractivity contribution in [1.29, 1.82) is 0 Å². The number of benzene rings is 2. The predicted octanol–water partition coefficient (Wildman–Crippen LogP) is 10.7. The Morgan fingerprint density at radius 2 is 1.24 bits per heavy atom. The van der Waals surface area contributed by atoms with Crippen molar-refractivity contribution in [1.82, 2.24) is 0 Å². The van der Waals surface area contributed by atoms with Crippen molar-refractivity contribution in [2.75, 3.05) is 0 Å². The molecule has 0 bridgehead atoms. The van der Waals surface area contributed by atoms with Crippen LogP contribution in [0.15, 0.2) is 48.5 Å². The molecule has 0 radical (unpaired) electrons. The first kappa shape index (κ1) is 26.9. The highest BCUT2D eigenvalue weighted by molar-refractivity contribution is 5.64. The zero-order valence-electron chi connectivity index (χ0n) is 21.6. The number of halogens is 2. The van der Waals surface area contributed by atoms with E-state index in [1.807, 2.05) is 24.3 Å². The molecule has 1 aliphatic rings. The number of hydrogen-bond acceptors (Lipinski definition) is 0. The number of rotatable bonds is 14. The van der Waals surface area contributed by atoms with E-state index in [0.717, 1.165) is 36.3 Å². The number of alkyl halides is 2. The average molecular weight is 469 g/mol. The zero-order valence-corrected chi connectivity index (χ0v) is 21.6. The van der Waals surface area contributed by atoms with Crippen LogP contribution in [0.3, 0.4) is 0 Å². The van der Waals surface area contributed by atoms with Crippen LogP contribution in [0.5, 0.6) is 0 Å². The Bertz CT molecular complexity index is 798. The first-order chi connectivity index (χ1) is 16.5. The van der Waals surface area contributed by atoms with Crippen LogP contribution in [0.1, 0.15) is 121 Å². The van der Waals surface area contributed by atoms with Gasteiger partial charge in [0.05, 0.1) is 0 Å². The third kappa shape index (κ3) is 8.82. The first-order valence-electron chi connectivity index (χ1n) is 14.1. The van der Waals surface area contributed by atoms with E-state index in [2.05, 4.69) is 38.1 Å². The third-order valence-corrected chi connectivity index (χ3v) is 7.84. The predicted molar refractivity (Wildman–Crippen MR) is 143 cm³/mol. The van der Waals surface area contributed by atoms with E-state index in [9.17, 15) is 8.78 Å². The standard InChI is InChI=1S/C32H46F2/c1-3-5-7-9-11-26-12-16-28(17-13-26)30-20-22-31(23-21-30)29-18-14-27(15-19-29)25-32(33,34)24-10-8-6-4-2/h14-15,18-23,26,28H,3-13,16-17,24-25H2,1-2H3. The Morgan fingerprint density at radius 3 is 1.82 bits per heavy atom. The molecule has 2 aromatic rings. The summed E-state index contributed by atoms with van der Waals surface area (Å²) < 4.78 is 28.6. The largest absolute Gasteiger partial charge is 0.252 e. The van der Waals surface area contributed by atoms with Gasteiger partial charge in [-0.25, -0.2) is 8.78 Å². The van der Waals surface area contributed by atoms with Gasteiger partial charge in [0.15, 0.2) is 0 Å². The van der Waals surface area contributed by atoms with E-state index < -0.39 is 5.92 Å². The maximum atomic E-state index is 14.3. The molecule has 1 fully saturated rings. The normalized spacial score (nSPS) is 18.8. The molecule has 3 rings (SSSR count). The van der Waals surface area contributed by atoms with Crippen molar-refractivity contribution >= 4 is 0 Å². The smallest absolute Gasteiger partial charge is 0.207 e. The van der Waals surface area contributed by atoms with Gasteiger partial charge in [-0.3, -0.25) is 0 Å². The van der Waals surface area contributed by atoms with Crippen LogP contribution in [-0.4, -0.2) is 5.92 Å². The van der Waals surface area contributed by atoms with Crippen LogP contribution in [-0.2, 0) is 6.42 Å². The van der Waals surface area contributed by atoms with Crippen LogP contribution >= 0.6 is 0 Å². The molecule has 0 N–H and O–H groups in total. The van der Waals surface area contributed by atoms with Gasteiger partial charge in [0, 0.05) is 12.8 Å². The van der Waals surface area contributed by atoms with Gasteiger partial charge in [-0.1, -0.05) is 114 Å². The van der Waals surface area contributed by atoms with Gasteiger partial charge in [0.25, 0.3) is 5.92 Å². The Hall–Kier alpha value is -1.70. The Kier molecular flexibility index (Phi) is 11.1. The summed E-state index contributed by atoms with van der Waals surface area (Å²) in [6, 6.07) is 16.8. The maximum absolute atomic E-state index is 14.3. The molecule has 34 heavy (non-hydrogen) atoms. The summed E-state index contributed by atoms with van der Waals surface area (Å²) in [6.07, 6.45) is 15.8. The molecule has 1 aliphatic carbocycles. The fourth-order valence-corrected chi connectivity index (χ4v) is 5.60. The summed E-state index contributed by atoms with van der Waals surface area (Å²) in [5.74, 6) is -0.969. The third-order valence-electron chi connectivity index (χ3n) is 7.84. The van der Waals surface area contributed by atoms with Gasteiger partial charge in [0.2, 0.25) is 0 Å². The molecule has 0 aliphatic heterocycles. The number of hydrogen-bond donors (Lipinski definition) is 0. The highest BCUT2D eigenvalue weighted by atomic mass is 19.3. The summed E-state index contributed by atoms with van der Waals surface area (Å²) >= 11 is 0. The summed E-state index contributed by atoms with van der Waals surface area (Å²) in [4.78, 5) is 0. The SMILES string of the molecule is CCCCCCC1CCC(c2ccc(-c3ccc(CC(F)(F)CCCCCC)cc3)cc2)CC1. The fraction of sp³-hybridized carbons (Fsp3) is 0.625. The van der Waals surface area contributed by atoms with E-state index in [-0.39, 0.29) is 12.8 Å². The van der Waals surface area contributed by atoms with Crippen molar-refractivity contribution < 1.29 is 8.78 Å². The first-order valence-corrected chi connectivity index (χ1v) is 14.1. The van der Waals surface area contributed by atoms with E-state index in [4.69, 9.17) is 0 Å². The Labute approximate surface area is 207 Å². The van der Waals surface area contributed by atoms with Gasteiger partial charge in [-0.2, -0.15) is 0 Å². The minimum atomic E-state index is -2.61. The summed E-state index contributed by atoms with van der Waals surface area (Å²) in [7, 11) is 0. The average Bonchev–Trinajstić information content (AvgIpc) is 2.85. The molecule has 0 heterocycles. The highest BCUT2D eigenvalue weighted by Crippen LogP contribution is 2.38. The van der Waals surface area contributed by atoms with Gasteiger partial charge in [-0.05, 0) is 66.2 Å². The topological polar surface area (TPSA) is 0 Å². The summed E-state index contributed by atoms with van der Waals surface area (Å²) in [6.45, 7) is 4.39. The second-order valence-electron chi connectivity index (χ2n) is 10.7. The quantitative estimate of drug-likeness (QED) is 0.242. The molecular formula is C32H46F2. The molecule has 0 aromatic heterocycles. The lowest BCUT2D eigenvalue weighted by Gasteiger charge is -2.29. The zero-order chi connectivity index (χ0) is 24.2. The molecule has 1 saturated carbocycles. The van der Waals surface area contributed by atoms with Gasteiger partial charge in [-0.15, -0.1) is 0 Å². The van der Waals surface area contributed by atoms with Crippen LogP contribution < -0.4 is 0 Å². The van der Waals surface area contributed by atoms with Crippen molar-refractivity contribution in [2.45, 2.75) is 122 Å². The fourth-order valence-electron chi connectivity index (χ4n) is 5.60. The van der Waals surface area contributed by atoms with Gasteiger partial charge in [0.1, 0.15) is 0 Å². The minimum absolute atomic E-state index is 0.00299. The Morgan fingerprint density at radius 1 is 0.676 bits per heavy atom. The lowest BCUT2D eigenvalue weighted by Crippen LogP contribution is -2.19. The highest BCUT2D eigenvalue weighted by Gasteiger charge is 2.28. The molecule has 0 saturated heterocycles. The lowest BCUT2D eigenvalue weighted by molar-refractivity contribution is -0.00948. The van der Waals surface area contributed by atoms with E-state index in [0.29, 0.717) is 12.3 Å².